The van der Waals surface area contributed by atoms with Crippen LogP contribution in [0, 0.1) is 0 Å². The molecule has 1 aliphatic heterocycles. The van der Waals surface area contributed by atoms with Crippen molar-refractivity contribution in [2.24, 2.45) is 4.99 Å². The summed E-state index contributed by atoms with van der Waals surface area (Å²) in [4.78, 5) is 18.5. The predicted molar refractivity (Wildman–Crippen MR) is 128 cm³/mol. The molecule has 2 N–H and O–H groups in total. The van der Waals surface area contributed by atoms with Gasteiger partial charge >= 0.3 is 0 Å². The Labute approximate surface area is 198 Å². The van der Waals surface area contributed by atoms with E-state index in [0.29, 0.717) is 25.9 Å². The molecule has 0 saturated carbocycles. The molecule has 2 aromatic rings. The molecule has 0 atom stereocenters. The fraction of sp³-hybridized carbons (Fsp3) is 0.364. The smallest absolute Gasteiger partial charge is 0.222 e. The minimum absolute atomic E-state index is 0.00143. The van der Waals surface area contributed by atoms with Crippen LogP contribution in [0.2, 0.25) is 10.0 Å². The molecule has 0 saturated heterocycles. The lowest BCUT2D eigenvalue weighted by atomic mass is 10.1. The highest BCUT2D eigenvalue weighted by Gasteiger charge is 2.19. The first-order chi connectivity index (χ1) is 15.3. The molecule has 0 fully saturated rings. The molecule has 1 amide bonds. The Morgan fingerprint density at radius 3 is 2.62 bits per heavy atom. The molecule has 10 heteroatoms. The molecule has 2 aromatic carbocycles. The SMILES string of the molecule is CN(Cc1ccc(C2=NCCN2)cc1)C(=O)CCCNCS(=O)(=O)c1cccc(Cl)c1Cl. The van der Waals surface area contributed by atoms with E-state index in [4.69, 9.17) is 23.2 Å². The summed E-state index contributed by atoms with van der Waals surface area (Å²) in [6.45, 7) is 2.56. The van der Waals surface area contributed by atoms with Crippen LogP contribution in [-0.4, -0.2) is 57.6 Å². The van der Waals surface area contributed by atoms with E-state index in [1.54, 1.807) is 18.0 Å². The number of rotatable bonds is 10. The molecule has 0 bridgehead atoms. The molecule has 3 rings (SSSR count). The fourth-order valence-corrected chi connectivity index (χ4v) is 5.23. The second-order valence-corrected chi connectivity index (χ2v) is 10.3. The van der Waals surface area contributed by atoms with E-state index in [1.807, 2.05) is 24.3 Å². The quantitative estimate of drug-likeness (QED) is 0.493. The number of hydrogen-bond donors (Lipinski definition) is 2. The van der Waals surface area contributed by atoms with Gasteiger partial charge in [-0.15, -0.1) is 0 Å². The lowest BCUT2D eigenvalue weighted by Gasteiger charge is -2.17. The summed E-state index contributed by atoms with van der Waals surface area (Å²) in [7, 11) is -1.85. The number of nitrogens with zero attached hydrogens (tertiary/aromatic N) is 2. The topological polar surface area (TPSA) is 90.9 Å². The van der Waals surface area contributed by atoms with Crippen molar-refractivity contribution in [1.82, 2.24) is 15.5 Å². The van der Waals surface area contributed by atoms with Crippen molar-refractivity contribution in [2.45, 2.75) is 24.3 Å². The van der Waals surface area contributed by atoms with Crippen LogP contribution < -0.4 is 10.6 Å². The number of sulfone groups is 1. The van der Waals surface area contributed by atoms with Crippen LogP contribution in [0.4, 0.5) is 0 Å². The van der Waals surface area contributed by atoms with Crippen LogP contribution >= 0.6 is 23.2 Å². The van der Waals surface area contributed by atoms with Crippen LogP contribution in [-0.2, 0) is 21.2 Å². The van der Waals surface area contributed by atoms with Crippen molar-refractivity contribution in [1.29, 1.82) is 0 Å². The predicted octanol–water partition coefficient (Wildman–Crippen LogP) is 3.10. The van der Waals surface area contributed by atoms with Crippen molar-refractivity contribution in [2.75, 3.05) is 32.6 Å². The first-order valence-corrected chi connectivity index (χ1v) is 12.7. The molecule has 172 valence electrons. The number of amides is 1. The maximum absolute atomic E-state index is 12.4. The van der Waals surface area contributed by atoms with Gasteiger partial charge in [0.25, 0.3) is 0 Å². The Hall–Kier alpha value is -2.13. The van der Waals surface area contributed by atoms with Gasteiger partial charge in [0.15, 0.2) is 9.84 Å². The molecule has 0 radical (unpaired) electrons. The van der Waals surface area contributed by atoms with Crippen LogP contribution in [0.5, 0.6) is 0 Å². The molecule has 0 unspecified atom stereocenters. The number of carbonyl (C=O) groups is 1. The highest BCUT2D eigenvalue weighted by atomic mass is 35.5. The number of benzene rings is 2. The van der Waals surface area contributed by atoms with Crippen LogP contribution in [0.15, 0.2) is 52.4 Å². The van der Waals surface area contributed by atoms with Gasteiger partial charge in [-0.1, -0.05) is 53.5 Å². The molecular formula is C22H26Cl2N4O3S. The van der Waals surface area contributed by atoms with Gasteiger partial charge in [0.05, 0.1) is 21.5 Å². The summed E-state index contributed by atoms with van der Waals surface area (Å²) in [5.41, 5.74) is 2.08. The first kappa shape index (κ1) is 24.5. The van der Waals surface area contributed by atoms with E-state index < -0.39 is 9.84 Å². The molecule has 32 heavy (non-hydrogen) atoms. The molecule has 0 aromatic heterocycles. The van der Waals surface area contributed by atoms with Gasteiger partial charge in [-0.05, 0) is 30.7 Å². The summed E-state index contributed by atoms with van der Waals surface area (Å²) in [6.07, 6.45) is 0.840. The number of hydrogen-bond acceptors (Lipinski definition) is 6. The summed E-state index contributed by atoms with van der Waals surface area (Å²) in [5, 5.41) is 6.32. The third-order valence-electron chi connectivity index (χ3n) is 5.03. The van der Waals surface area contributed by atoms with E-state index in [1.165, 1.54) is 12.1 Å². The minimum atomic E-state index is -3.62. The molecular weight excluding hydrogens is 471 g/mol. The van der Waals surface area contributed by atoms with Gasteiger partial charge in [0, 0.05) is 32.1 Å². The number of aliphatic imine (C=N–C) groups is 1. The maximum Gasteiger partial charge on any atom is 0.222 e. The third kappa shape index (κ3) is 6.45. The van der Waals surface area contributed by atoms with Crippen molar-refractivity contribution in [3.8, 4) is 0 Å². The summed E-state index contributed by atoms with van der Waals surface area (Å²) >= 11 is 11.9. The van der Waals surface area contributed by atoms with Gasteiger partial charge in [-0.25, -0.2) is 8.42 Å². The number of halogens is 2. The van der Waals surface area contributed by atoms with Gasteiger partial charge in [0.2, 0.25) is 5.91 Å². The zero-order valence-electron chi connectivity index (χ0n) is 17.8. The van der Waals surface area contributed by atoms with E-state index in [-0.39, 0.29) is 26.7 Å². The largest absolute Gasteiger partial charge is 0.368 e. The molecule has 0 aliphatic carbocycles. The van der Waals surface area contributed by atoms with Gasteiger partial charge in [-0.2, -0.15) is 0 Å². The van der Waals surface area contributed by atoms with Crippen molar-refractivity contribution < 1.29 is 13.2 Å². The van der Waals surface area contributed by atoms with Crippen molar-refractivity contribution >= 4 is 44.8 Å². The molecule has 1 heterocycles. The van der Waals surface area contributed by atoms with E-state index in [9.17, 15) is 13.2 Å². The second kappa shape index (κ2) is 11.1. The Kier molecular flexibility index (Phi) is 8.53. The zero-order chi connectivity index (χ0) is 23.1. The van der Waals surface area contributed by atoms with Crippen molar-refractivity contribution in [3.63, 3.8) is 0 Å². The third-order valence-corrected chi connectivity index (χ3v) is 7.56. The summed E-state index contributed by atoms with van der Waals surface area (Å²) < 4.78 is 24.9. The molecule has 1 aliphatic rings. The Morgan fingerprint density at radius 1 is 1.19 bits per heavy atom. The molecule has 7 nitrogen and oxygen atoms in total. The van der Waals surface area contributed by atoms with Gasteiger partial charge in [-0.3, -0.25) is 9.79 Å². The molecule has 0 spiro atoms. The highest BCUT2D eigenvalue weighted by Crippen LogP contribution is 2.29. The lowest BCUT2D eigenvalue weighted by molar-refractivity contribution is -0.130. The Bertz CT molecular complexity index is 1090. The van der Waals surface area contributed by atoms with Crippen LogP contribution in [0.3, 0.4) is 0 Å². The van der Waals surface area contributed by atoms with E-state index in [2.05, 4.69) is 15.6 Å². The van der Waals surface area contributed by atoms with Gasteiger partial charge < -0.3 is 15.5 Å². The van der Waals surface area contributed by atoms with Crippen LogP contribution in [0.25, 0.3) is 0 Å². The fourth-order valence-electron chi connectivity index (χ4n) is 3.29. The average molecular weight is 497 g/mol. The number of nitrogens with one attached hydrogen (secondary N) is 2. The van der Waals surface area contributed by atoms with E-state index in [0.717, 1.165) is 30.1 Å². The minimum Gasteiger partial charge on any atom is -0.368 e. The summed E-state index contributed by atoms with van der Waals surface area (Å²) in [5.74, 6) is 0.635. The number of amidine groups is 1. The summed E-state index contributed by atoms with van der Waals surface area (Å²) in [6, 6.07) is 12.5. The van der Waals surface area contributed by atoms with Crippen LogP contribution in [0.1, 0.15) is 24.0 Å². The van der Waals surface area contributed by atoms with E-state index >= 15 is 0 Å². The number of carbonyl (C=O) groups excluding carboxylic acids is 1. The average Bonchev–Trinajstić information content (AvgIpc) is 3.30. The maximum atomic E-state index is 12.4. The second-order valence-electron chi connectivity index (χ2n) is 7.52. The lowest BCUT2D eigenvalue weighted by Crippen LogP contribution is -2.28. The van der Waals surface area contributed by atoms with Gasteiger partial charge in [0.1, 0.15) is 11.7 Å². The standard InChI is InChI=1S/C22H26Cl2N4O3S/c1-28(14-16-7-9-17(10-8-16)22-26-12-13-27-22)20(29)6-3-11-25-15-32(30,31)19-5-2-4-18(23)21(19)24/h2,4-5,7-10,25H,3,6,11-15H2,1H3,(H,26,27). The normalized spacial score (nSPS) is 13.5. The monoisotopic (exact) mass is 496 g/mol. The Morgan fingerprint density at radius 2 is 1.94 bits per heavy atom. The Balaban J connectivity index is 1.40. The highest BCUT2D eigenvalue weighted by molar-refractivity contribution is 7.91. The first-order valence-electron chi connectivity index (χ1n) is 10.3. The zero-order valence-corrected chi connectivity index (χ0v) is 20.1. The van der Waals surface area contributed by atoms with Crippen molar-refractivity contribution in [3.05, 3.63) is 63.6 Å².